The van der Waals surface area contributed by atoms with Gasteiger partial charge in [-0.1, -0.05) is 36.4 Å². The molecule has 31 heavy (non-hydrogen) atoms. The summed E-state index contributed by atoms with van der Waals surface area (Å²) in [6.45, 7) is 1.47. The number of hydrazone groups is 1. The van der Waals surface area contributed by atoms with Crippen LogP contribution in [0.25, 0.3) is 28.0 Å². The van der Waals surface area contributed by atoms with Crippen molar-refractivity contribution in [2.45, 2.75) is 6.92 Å². The van der Waals surface area contributed by atoms with Crippen LogP contribution < -0.4 is 5.01 Å². The van der Waals surface area contributed by atoms with E-state index in [1.807, 2.05) is 66.0 Å². The Hall–Kier alpha value is -3.67. The van der Waals surface area contributed by atoms with Crippen molar-refractivity contribution in [1.29, 1.82) is 5.26 Å². The minimum Gasteiger partial charge on any atom is -0.454 e. The van der Waals surface area contributed by atoms with Crippen LogP contribution in [0.15, 0.2) is 80.6 Å². The smallest absolute Gasteiger partial charge is 0.186 e. The summed E-state index contributed by atoms with van der Waals surface area (Å²) >= 11 is 2.54. The maximum absolute atomic E-state index is 12.0. The van der Waals surface area contributed by atoms with E-state index in [0.29, 0.717) is 32.1 Å². The molecule has 150 valence electrons. The van der Waals surface area contributed by atoms with Crippen molar-refractivity contribution in [2.24, 2.45) is 5.10 Å². The molecule has 0 fully saturated rings. The standard InChI is InChI=1S/C23H14N4O2S2/c1-14(28)21-26-27(16-8-3-2-4-9-16)23(31-21)17(12-24)22-25-18(13-30-22)20-11-15-7-5-6-10-19(15)29-20/h2-11,13H,1H3/b23-17+. The summed E-state index contributed by atoms with van der Waals surface area (Å²) in [5, 5.41) is 20.3. The van der Waals surface area contributed by atoms with Crippen molar-refractivity contribution < 1.29 is 9.21 Å². The van der Waals surface area contributed by atoms with Gasteiger partial charge in [-0.15, -0.1) is 11.3 Å². The van der Waals surface area contributed by atoms with Crippen molar-refractivity contribution in [3.8, 4) is 17.5 Å². The predicted octanol–water partition coefficient (Wildman–Crippen LogP) is 5.90. The topological polar surface area (TPSA) is 82.5 Å². The number of ketones is 1. The van der Waals surface area contributed by atoms with Crippen LogP contribution in [-0.2, 0) is 4.79 Å². The highest BCUT2D eigenvalue weighted by Gasteiger charge is 2.30. The van der Waals surface area contributed by atoms with Crippen LogP contribution in [-0.4, -0.2) is 15.8 Å². The molecule has 4 aromatic rings. The number of aromatic nitrogens is 1. The number of anilines is 1. The van der Waals surface area contributed by atoms with Crippen molar-refractivity contribution in [3.05, 3.63) is 76.1 Å². The molecule has 0 unspecified atom stereocenters. The first-order valence-corrected chi connectivity index (χ1v) is 11.1. The average Bonchev–Trinajstić information content (AvgIpc) is 3.53. The zero-order valence-electron chi connectivity index (χ0n) is 16.3. The van der Waals surface area contributed by atoms with Gasteiger partial charge in [0.1, 0.15) is 33.0 Å². The van der Waals surface area contributed by atoms with Crippen LogP contribution in [0.5, 0.6) is 0 Å². The molecule has 0 bridgehead atoms. The average molecular weight is 443 g/mol. The Bertz CT molecular complexity index is 1380. The van der Waals surface area contributed by atoms with E-state index in [1.165, 1.54) is 30.0 Å². The highest BCUT2D eigenvalue weighted by atomic mass is 32.2. The molecule has 0 aliphatic carbocycles. The molecule has 1 aliphatic heterocycles. The van der Waals surface area contributed by atoms with E-state index in [4.69, 9.17) is 4.42 Å². The van der Waals surface area contributed by atoms with Gasteiger partial charge >= 0.3 is 0 Å². The van der Waals surface area contributed by atoms with Crippen LogP contribution in [0.4, 0.5) is 5.69 Å². The van der Waals surface area contributed by atoms with Gasteiger partial charge in [0.25, 0.3) is 0 Å². The number of hydrogen-bond donors (Lipinski definition) is 0. The number of para-hydroxylation sites is 2. The lowest BCUT2D eigenvalue weighted by Crippen LogP contribution is -2.11. The van der Waals surface area contributed by atoms with Crippen molar-refractivity contribution in [2.75, 3.05) is 5.01 Å². The number of furan rings is 1. The second-order valence-corrected chi connectivity index (χ2v) is 8.52. The molecule has 0 atom stereocenters. The van der Waals surface area contributed by atoms with E-state index in [0.717, 1.165) is 16.7 Å². The molecule has 0 spiro atoms. The molecule has 0 radical (unpaired) electrons. The van der Waals surface area contributed by atoms with Crippen LogP contribution >= 0.6 is 23.1 Å². The van der Waals surface area contributed by atoms with Gasteiger partial charge in [-0.05, 0) is 36.0 Å². The molecule has 8 heteroatoms. The summed E-state index contributed by atoms with van der Waals surface area (Å²) in [6, 6.07) is 21.4. The molecule has 2 aromatic heterocycles. The summed E-state index contributed by atoms with van der Waals surface area (Å²) in [5.41, 5.74) is 2.57. The van der Waals surface area contributed by atoms with E-state index in [2.05, 4.69) is 16.2 Å². The monoisotopic (exact) mass is 442 g/mol. The number of carbonyl (C=O) groups is 1. The molecule has 3 heterocycles. The van der Waals surface area contributed by atoms with Gasteiger partial charge in [-0.2, -0.15) is 10.4 Å². The lowest BCUT2D eigenvalue weighted by atomic mass is 10.2. The first-order chi connectivity index (χ1) is 15.1. The zero-order valence-corrected chi connectivity index (χ0v) is 17.9. The number of rotatable bonds is 4. The highest BCUT2D eigenvalue weighted by Crippen LogP contribution is 2.41. The van der Waals surface area contributed by atoms with Gasteiger partial charge in [0.2, 0.25) is 0 Å². The Morgan fingerprint density at radius 1 is 1.13 bits per heavy atom. The normalized spacial score (nSPS) is 15.1. The Morgan fingerprint density at radius 3 is 2.65 bits per heavy atom. The summed E-state index contributed by atoms with van der Waals surface area (Å²) in [7, 11) is 0. The summed E-state index contributed by atoms with van der Waals surface area (Å²) in [5.74, 6) is 0.492. The highest BCUT2D eigenvalue weighted by molar-refractivity contribution is 8.19. The molecule has 0 saturated heterocycles. The maximum Gasteiger partial charge on any atom is 0.186 e. The maximum atomic E-state index is 12.0. The van der Waals surface area contributed by atoms with Gasteiger partial charge in [-0.25, -0.2) is 9.99 Å². The first kappa shape index (κ1) is 19.3. The second kappa shape index (κ2) is 7.87. The van der Waals surface area contributed by atoms with Crippen molar-refractivity contribution in [1.82, 2.24) is 4.98 Å². The number of Topliss-reactive ketones (excluding diaryl/α,β-unsaturated/α-hetero) is 1. The first-order valence-electron chi connectivity index (χ1n) is 9.36. The van der Waals surface area contributed by atoms with Crippen LogP contribution in [0.2, 0.25) is 0 Å². The number of allylic oxidation sites excluding steroid dienone is 1. The Labute approximate surface area is 186 Å². The van der Waals surface area contributed by atoms with E-state index < -0.39 is 0 Å². The van der Waals surface area contributed by atoms with Crippen LogP contribution in [0.1, 0.15) is 11.9 Å². The van der Waals surface area contributed by atoms with Crippen molar-refractivity contribution >= 4 is 56.2 Å². The summed E-state index contributed by atoms with van der Waals surface area (Å²) in [6.07, 6.45) is 0. The zero-order chi connectivity index (χ0) is 21.4. The number of nitriles is 1. The number of fused-ring (bicyclic) bond motifs is 1. The lowest BCUT2D eigenvalue weighted by Gasteiger charge is -2.16. The minimum absolute atomic E-state index is 0.152. The third-order valence-corrected chi connectivity index (χ3v) is 6.59. The fourth-order valence-corrected chi connectivity index (χ4v) is 4.93. The Kier molecular flexibility index (Phi) is 4.90. The van der Waals surface area contributed by atoms with Crippen molar-refractivity contribution in [3.63, 3.8) is 0 Å². The molecule has 0 N–H and O–H groups in total. The molecular formula is C23H14N4O2S2. The number of hydrogen-bond acceptors (Lipinski definition) is 8. The molecule has 1 aliphatic rings. The Balaban J connectivity index is 1.58. The van der Waals surface area contributed by atoms with E-state index >= 15 is 0 Å². The number of carbonyl (C=O) groups excluding carboxylic acids is 1. The second-order valence-electron chi connectivity index (χ2n) is 6.69. The fourth-order valence-electron chi connectivity index (χ4n) is 3.13. The van der Waals surface area contributed by atoms with Gasteiger partial charge in [0.05, 0.1) is 5.69 Å². The third-order valence-electron chi connectivity index (χ3n) is 4.60. The quantitative estimate of drug-likeness (QED) is 0.366. The largest absolute Gasteiger partial charge is 0.454 e. The SMILES string of the molecule is CC(=O)C1=NN(c2ccccc2)/C(=C(/C#N)c2nc(-c3cc4ccccc4o3)cs2)S1. The molecule has 5 rings (SSSR count). The predicted molar refractivity (Wildman–Crippen MR) is 124 cm³/mol. The number of thiazole rings is 1. The van der Waals surface area contributed by atoms with Gasteiger partial charge in [0, 0.05) is 17.7 Å². The van der Waals surface area contributed by atoms with E-state index in [-0.39, 0.29) is 5.78 Å². The minimum atomic E-state index is -0.152. The van der Waals surface area contributed by atoms with Gasteiger partial charge in [0.15, 0.2) is 16.6 Å². The number of benzene rings is 2. The summed E-state index contributed by atoms with van der Waals surface area (Å²) in [4.78, 5) is 16.6. The van der Waals surface area contributed by atoms with Crippen LogP contribution in [0.3, 0.4) is 0 Å². The molecule has 6 nitrogen and oxygen atoms in total. The Morgan fingerprint density at radius 2 is 1.90 bits per heavy atom. The fraction of sp³-hybridized carbons (Fsp3) is 0.0435. The van der Waals surface area contributed by atoms with Crippen LogP contribution in [0, 0.1) is 11.3 Å². The molecule has 0 amide bonds. The number of thioether (sulfide) groups is 1. The molecule has 0 saturated carbocycles. The third kappa shape index (κ3) is 3.54. The molecule has 2 aromatic carbocycles. The lowest BCUT2D eigenvalue weighted by molar-refractivity contribution is -0.110. The number of nitrogens with zero attached hydrogens (tertiary/aromatic N) is 4. The van der Waals surface area contributed by atoms with Gasteiger partial charge < -0.3 is 4.42 Å². The molecular weight excluding hydrogens is 428 g/mol. The van der Waals surface area contributed by atoms with E-state index in [9.17, 15) is 10.1 Å². The van der Waals surface area contributed by atoms with E-state index in [1.54, 1.807) is 5.01 Å². The van der Waals surface area contributed by atoms with Gasteiger partial charge in [-0.3, -0.25) is 4.79 Å². The summed E-state index contributed by atoms with van der Waals surface area (Å²) < 4.78 is 5.91.